The van der Waals surface area contributed by atoms with Crippen molar-refractivity contribution in [3.63, 3.8) is 0 Å². The number of piperazine rings is 1. The summed E-state index contributed by atoms with van der Waals surface area (Å²) in [6.45, 7) is 11.3. The number of rotatable bonds is 8. The number of likely N-dealkylation sites (N-methyl/N-ethyl adjacent to an activating group) is 1. The van der Waals surface area contributed by atoms with E-state index in [0.717, 1.165) is 31.9 Å². The Labute approximate surface area is 239 Å². The lowest BCUT2D eigenvalue weighted by molar-refractivity contribution is -0.111. The van der Waals surface area contributed by atoms with Gasteiger partial charge in [0.2, 0.25) is 11.9 Å². The number of cyclic esters (lactones) is 1. The molecule has 2 aliphatic heterocycles. The molecule has 2 aromatic carbocycles. The Bertz CT molecular complexity index is 1450. The molecule has 3 heterocycles. The third-order valence-corrected chi connectivity index (χ3v) is 7.19. The first-order valence-electron chi connectivity index (χ1n) is 13.6. The molecule has 11 heteroatoms. The van der Waals surface area contributed by atoms with Crippen LogP contribution in [0.1, 0.15) is 25.5 Å². The Balaban J connectivity index is 1.48. The van der Waals surface area contributed by atoms with Crippen LogP contribution >= 0.6 is 0 Å². The van der Waals surface area contributed by atoms with Crippen LogP contribution in [0.25, 0.3) is 0 Å². The van der Waals surface area contributed by atoms with Gasteiger partial charge in [-0.3, -0.25) is 4.79 Å². The Morgan fingerprint density at radius 3 is 2.63 bits per heavy atom. The summed E-state index contributed by atoms with van der Waals surface area (Å²) in [6.07, 6.45) is 1.79. The van der Waals surface area contributed by atoms with Gasteiger partial charge < -0.3 is 29.9 Å². The molecule has 1 aromatic heterocycles. The summed E-state index contributed by atoms with van der Waals surface area (Å²) in [6, 6.07) is 12.9. The highest BCUT2D eigenvalue weighted by Crippen LogP contribution is 2.42. The van der Waals surface area contributed by atoms with Crippen molar-refractivity contribution in [1.29, 1.82) is 0 Å². The minimum absolute atomic E-state index is 0.00249. The average molecular weight is 558 g/mol. The summed E-state index contributed by atoms with van der Waals surface area (Å²) in [5.41, 5.74) is 3.46. The molecule has 2 aliphatic rings. The Hall–Kier alpha value is -4.64. The van der Waals surface area contributed by atoms with Gasteiger partial charge in [-0.05, 0) is 49.4 Å². The summed E-state index contributed by atoms with van der Waals surface area (Å²) in [5.74, 6) is 1.00. The molecular formula is C30H35N7O4. The molecule has 214 valence electrons. The van der Waals surface area contributed by atoms with E-state index >= 15 is 0 Å². The van der Waals surface area contributed by atoms with Crippen molar-refractivity contribution in [2.24, 2.45) is 5.92 Å². The highest BCUT2D eigenvalue weighted by molar-refractivity contribution is 6.01. The minimum Gasteiger partial charge on any atom is -0.494 e. The Morgan fingerprint density at radius 2 is 1.93 bits per heavy atom. The van der Waals surface area contributed by atoms with E-state index < -0.39 is 12.2 Å². The minimum atomic E-state index is -0.567. The lowest BCUT2D eigenvalue weighted by Gasteiger charge is -2.34. The zero-order chi connectivity index (χ0) is 29.1. The number of hydrogen-bond acceptors (Lipinski definition) is 9. The van der Waals surface area contributed by atoms with E-state index in [4.69, 9.17) is 14.5 Å². The second-order valence-electron chi connectivity index (χ2n) is 10.4. The van der Waals surface area contributed by atoms with Crippen LogP contribution in [0.4, 0.5) is 39.3 Å². The molecule has 0 saturated carbocycles. The summed E-state index contributed by atoms with van der Waals surface area (Å²) in [4.78, 5) is 40.6. The van der Waals surface area contributed by atoms with E-state index in [1.54, 1.807) is 37.6 Å². The zero-order valence-electron chi connectivity index (χ0n) is 23.8. The maximum Gasteiger partial charge on any atom is 0.420 e. The fraction of sp³-hybridized carbons (Fsp3) is 0.333. The first-order chi connectivity index (χ1) is 19.8. The van der Waals surface area contributed by atoms with Crippen molar-refractivity contribution in [3.05, 3.63) is 66.9 Å². The van der Waals surface area contributed by atoms with E-state index in [-0.39, 0.29) is 11.8 Å². The van der Waals surface area contributed by atoms with E-state index in [2.05, 4.69) is 45.1 Å². The Kier molecular flexibility index (Phi) is 8.06. The van der Waals surface area contributed by atoms with Gasteiger partial charge in [-0.25, -0.2) is 14.7 Å². The highest BCUT2D eigenvalue weighted by atomic mass is 16.6. The van der Waals surface area contributed by atoms with Crippen molar-refractivity contribution in [2.45, 2.75) is 20.0 Å². The van der Waals surface area contributed by atoms with E-state index in [1.165, 1.54) is 11.0 Å². The number of carbonyl (C=O) groups is 2. The molecule has 0 unspecified atom stereocenters. The normalized spacial score (nSPS) is 17.1. The molecule has 0 bridgehead atoms. The van der Waals surface area contributed by atoms with E-state index in [0.29, 0.717) is 40.1 Å². The molecule has 0 aliphatic carbocycles. The number of anilines is 6. The monoisotopic (exact) mass is 557 g/mol. The van der Waals surface area contributed by atoms with Gasteiger partial charge in [0.25, 0.3) is 0 Å². The average Bonchev–Trinajstić information content (AvgIpc) is 2.97. The third kappa shape index (κ3) is 5.94. The number of amides is 2. The van der Waals surface area contributed by atoms with Crippen molar-refractivity contribution in [1.82, 2.24) is 14.9 Å². The van der Waals surface area contributed by atoms with Crippen molar-refractivity contribution in [3.8, 4) is 5.75 Å². The number of ether oxygens (including phenoxy) is 2. The predicted molar refractivity (Wildman–Crippen MR) is 159 cm³/mol. The van der Waals surface area contributed by atoms with Crippen molar-refractivity contribution >= 4 is 46.5 Å². The molecule has 1 fully saturated rings. The zero-order valence-corrected chi connectivity index (χ0v) is 23.8. The lowest BCUT2D eigenvalue weighted by atomic mass is 9.99. The van der Waals surface area contributed by atoms with Gasteiger partial charge in [0.15, 0.2) is 5.82 Å². The maximum atomic E-state index is 13.3. The van der Waals surface area contributed by atoms with Crippen molar-refractivity contribution in [2.75, 3.05) is 60.8 Å². The van der Waals surface area contributed by atoms with Crippen LogP contribution in [0, 0.1) is 5.92 Å². The largest absolute Gasteiger partial charge is 0.494 e. The molecular weight excluding hydrogens is 522 g/mol. The van der Waals surface area contributed by atoms with Crippen molar-refractivity contribution < 1.29 is 19.1 Å². The molecule has 2 amide bonds. The molecule has 11 nitrogen and oxygen atoms in total. The number of hydrogen-bond donors (Lipinski definition) is 2. The van der Waals surface area contributed by atoms with Crippen LogP contribution in [0.15, 0.2) is 61.3 Å². The quantitative estimate of drug-likeness (QED) is 0.366. The van der Waals surface area contributed by atoms with Gasteiger partial charge in [0, 0.05) is 49.8 Å². The van der Waals surface area contributed by atoms with E-state index in [9.17, 15) is 9.59 Å². The van der Waals surface area contributed by atoms with Gasteiger partial charge in [-0.2, -0.15) is 4.98 Å². The number of aromatic nitrogens is 2. The summed E-state index contributed by atoms with van der Waals surface area (Å²) >= 11 is 0. The van der Waals surface area contributed by atoms with E-state index in [1.807, 2.05) is 26.0 Å². The highest BCUT2D eigenvalue weighted by Gasteiger charge is 2.37. The smallest absolute Gasteiger partial charge is 0.420 e. The summed E-state index contributed by atoms with van der Waals surface area (Å²) in [5, 5.41) is 5.99. The number of nitrogens with one attached hydrogen (secondary N) is 2. The van der Waals surface area contributed by atoms with Crippen LogP contribution in [-0.4, -0.2) is 67.2 Å². The van der Waals surface area contributed by atoms with Crippen LogP contribution in [0.5, 0.6) is 5.75 Å². The molecule has 0 radical (unpaired) electrons. The Morgan fingerprint density at radius 1 is 1.15 bits per heavy atom. The first kappa shape index (κ1) is 27.9. The molecule has 5 rings (SSSR count). The third-order valence-electron chi connectivity index (χ3n) is 7.19. The number of methoxy groups -OCH3 is 1. The second kappa shape index (κ2) is 11.8. The molecule has 1 saturated heterocycles. The van der Waals surface area contributed by atoms with Gasteiger partial charge in [0.1, 0.15) is 11.9 Å². The molecule has 3 aromatic rings. The summed E-state index contributed by atoms with van der Waals surface area (Å²) in [7, 11) is 3.76. The van der Waals surface area contributed by atoms with Gasteiger partial charge in [-0.1, -0.05) is 26.5 Å². The summed E-state index contributed by atoms with van der Waals surface area (Å²) < 4.78 is 11.5. The van der Waals surface area contributed by atoms with Crippen LogP contribution in [0.3, 0.4) is 0 Å². The fourth-order valence-electron chi connectivity index (χ4n) is 4.94. The van der Waals surface area contributed by atoms with Gasteiger partial charge in [0.05, 0.1) is 24.0 Å². The lowest BCUT2D eigenvalue weighted by Crippen LogP contribution is -2.44. The van der Waals surface area contributed by atoms with Gasteiger partial charge in [-0.15, -0.1) is 0 Å². The molecule has 2 N–H and O–H groups in total. The van der Waals surface area contributed by atoms with Crippen LogP contribution < -0.4 is 25.2 Å². The number of benzene rings is 2. The molecule has 0 spiro atoms. The maximum absolute atomic E-state index is 13.3. The number of carbonyl (C=O) groups excluding carboxylic acids is 2. The van der Waals surface area contributed by atoms with Crippen LogP contribution in [0.2, 0.25) is 0 Å². The second-order valence-corrected chi connectivity index (χ2v) is 10.4. The fourth-order valence-corrected chi connectivity index (χ4v) is 4.94. The molecule has 41 heavy (non-hydrogen) atoms. The topological polar surface area (TPSA) is 112 Å². The van der Waals surface area contributed by atoms with Crippen LogP contribution in [-0.2, 0) is 9.53 Å². The standard InChI is InChI=1S/C30H35N7O4/c1-6-26(38)32-20-8-7-9-22(16-20)37-28-23(27(19(2)3)41-30(37)39)18-31-29(34-28)33-24-11-10-21(17-25(24)40-5)36-14-12-35(4)13-15-36/h6-11,16-19,27H,1,12-15H2,2-5H3,(H,32,38)(H,31,33,34)/t27-/m0/s1. The molecule has 1 atom stereocenters. The number of nitrogens with zero attached hydrogens (tertiary/aromatic N) is 5. The first-order valence-corrected chi connectivity index (χ1v) is 13.6. The SMILES string of the molecule is C=CC(=O)Nc1cccc(N2C(=O)O[C@@H](C(C)C)c3cnc(Nc4ccc(N5CCN(C)CC5)cc4OC)nc32)c1. The van der Waals surface area contributed by atoms with Gasteiger partial charge >= 0.3 is 6.09 Å². The predicted octanol–water partition coefficient (Wildman–Crippen LogP) is 5.09. The number of fused-ring (bicyclic) bond motifs is 1.